The minimum absolute atomic E-state index is 0.186. The molecule has 0 spiro atoms. The van der Waals surface area contributed by atoms with E-state index in [1.165, 1.54) is 0 Å². The van der Waals surface area contributed by atoms with Gasteiger partial charge in [-0.2, -0.15) is 0 Å². The van der Waals surface area contributed by atoms with Gasteiger partial charge in [0.2, 0.25) is 0 Å². The average Bonchev–Trinajstić information content (AvgIpc) is 2.37. The predicted octanol–water partition coefficient (Wildman–Crippen LogP) is 0.594. The van der Waals surface area contributed by atoms with Crippen molar-refractivity contribution < 1.29 is 24.2 Å². The molecule has 0 aliphatic carbocycles. The minimum Gasteiger partial charge on any atom is -0.481 e. The summed E-state index contributed by atoms with van der Waals surface area (Å²) in [6.45, 7) is 2.52. The molecule has 0 radical (unpaired) electrons. The highest BCUT2D eigenvalue weighted by Gasteiger charge is 1.99. The largest absolute Gasteiger partial charge is 0.481 e. The zero-order valence-corrected chi connectivity index (χ0v) is 11.4. The molecule has 7 heteroatoms. The molecule has 0 bridgehead atoms. The maximum Gasteiger partial charge on any atom is 0.314 e. The lowest BCUT2D eigenvalue weighted by atomic mass is 10.2. The molecular formula is C12H24N2O5. The summed E-state index contributed by atoms with van der Waals surface area (Å²) in [4.78, 5) is 21.5. The molecule has 112 valence electrons. The van der Waals surface area contributed by atoms with Gasteiger partial charge in [0, 0.05) is 26.6 Å². The summed E-state index contributed by atoms with van der Waals surface area (Å²) in [6.07, 6.45) is 2.41. The van der Waals surface area contributed by atoms with Crippen molar-refractivity contribution in [2.24, 2.45) is 0 Å². The summed E-state index contributed by atoms with van der Waals surface area (Å²) >= 11 is 0. The van der Waals surface area contributed by atoms with Crippen molar-refractivity contribution in [3.63, 3.8) is 0 Å². The van der Waals surface area contributed by atoms with Crippen molar-refractivity contribution in [1.29, 1.82) is 0 Å². The molecule has 19 heavy (non-hydrogen) atoms. The molecule has 2 amide bonds. The Kier molecular flexibility index (Phi) is 12.2. The van der Waals surface area contributed by atoms with Crippen LogP contribution in [0.2, 0.25) is 0 Å². The van der Waals surface area contributed by atoms with E-state index in [1.807, 2.05) is 0 Å². The van der Waals surface area contributed by atoms with Crippen LogP contribution < -0.4 is 10.6 Å². The number of urea groups is 1. The third-order valence-electron chi connectivity index (χ3n) is 2.32. The number of carboxylic acid groups (broad SMARTS) is 1. The number of carboxylic acids is 1. The second-order valence-electron chi connectivity index (χ2n) is 3.99. The Hall–Kier alpha value is -1.34. The normalized spacial score (nSPS) is 10.2. The lowest BCUT2D eigenvalue weighted by molar-refractivity contribution is -0.137. The second kappa shape index (κ2) is 13.1. The molecule has 0 aromatic rings. The summed E-state index contributed by atoms with van der Waals surface area (Å²) in [7, 11) is 1.60. The predicted molar refractivity (Wildman–Crippen MR) is 70.2 cm³/mol. The highest BCUT2D eigenvalue weighted by Crippen LogP contribution is 1.98. The zero-order valence-electron chi connectivity index (χ0n) is 11.4. The first-order valence-corrected chi connectivity index (χ1v) is 6.47. The van der Waals surface area contributed by atoms with E-state index in [4.69, 9.17) is 14.6 Å². The van der Waals surface area contributed by atoms with E-state index in [-0.39, 0.29) is 12.5 Å². The van der Waals surface area contributed by atoms with Crippen LogP contribution in [0.1, 0.15) is 25.7 Å². The Balaban J connectivity index is 3.19. The first kappa shape index (κ1) is 17.7. The number of amides is 2. The SMILES string of the molecule is COCCOCCNC(=O)NCCCCCC(=O)O. The van der Waals surface area contributed by atoms with Crippen molar-refractivity contribution in [2.45, 2.75) is 25.7 Å². The molecule has 0 saturated carbocycles. The van der Waals surface area contributed by atoms with Crippen LogP contribution in [0.5, 0.6) is 0 Å². The number of methoxy groups -OCH3 is 1. The van der Waals surface area contributed by atoms with Crippen molar-refractivity contribution in [1.82, 2.24) is 10.6 Å². The number of carbonyl (C=O) groups excluding carboxylic acids is 1. The van der Waals surface area contributed by atoms with Crippen LogP contribution >= 0.6 is 0 Å². The van der Waals surface area contributed by atoms with Crippen molar-refractivity contribution in [2.75, 3.05) is 40.0 Å². The number of unbranched alkanes of at least 4 members (excludes halogenated alkanes) is 2. The van der Waals surface area contributed by atoms with Gasteiger partial charge in [-0.15, -0.1) is 0 Å². The first-order chi connectivity index (χ1) is 9.16. The fraction of sp³-hybridized carbons (Fsp3) is 0.833. The van der Waals surface area contributed by atoms with Crippen molar-refractivity contribution >= 4 is 12.0 Å². The van der Waals surface area contributed by atoms with E-state index >= 15 is 0 Å². The van der Waals surface area contributed by atoms with E-state index in [0.29, 0.717) is 39.3 Å². The van der Waals surface area contributed by atoms with E-state index in [1.54, 1.807) is 7.11 Å². The summed E-state index contributed by atoms with van der Waals surface area (Å²) in [5.41, 5.74) is 0. The molecule has 0 saturated heterocycles. The number of carbonyl (C=O) groups is 2. The third-order valence-corrected chi connectivity index (χ3v) is 2.32. The fourth-order valence-electron chi connectivity index (χ4n) is 1.32. The fourth-order valence-corrected chi connectivity index (χ4v) is 1.32. The molecule has 0 unspecified atom stereocenters. The Bertz CT molecular complexity index is 248. The number of ether oxygens (including phenoxy) is 2. The lowest BCUT2D eigenvalue weighted by Gasteiger charge is -2.07. The Morgan fingerprint density at radius 1 is 1.00 bits per heavy atom. The molecular weight excluding hydrogens is 252 g/mol. The molecule has 0 aliphatic heterocycles. The Labute approximate surface area is 113 Å². The van der Waals surface area contributed by atoms with Gasteiger partial charge in [-0.25, -0.2) is 4.79 Å². The van der Waals surface area contributed by atoms with E-state index in [2.05, 4.69) is 10.6 Å². The lowest BCUT2D eigenvalue weighted by Crippen LogP contribution is -2.37. The molecule has 3 N–H and O–H groups in total. The quantitative estimate of drug-likeness (QED) is 0.453. The first-order valence-electron chi connectivity index (χ1n) is 6.47. The summed E-state index contributed by atoms with van der Waals surface area (Å²) in [5, 5.41) is 13.8. The molecule has 0 heterocycles. The van der Waals surface area contributed by atoms with Crippen LogP contribution in [0, 0.1) is 0 Å². The molecule has 0 fully saturated rings. The van der Waals surface area contributed by atoms with Crippen LogP contribution in [0.15, 0.2) is 0 Å². The maximum absolute atomic E-state index is 11.3. The topological polar surface area (TPSA) is 96.9 Å². The van der Waals surface area contributed by atoms with Gasteiger partial charge in [0.25, 0.3) is 0 Å². The summed E-state index contributed by atoms with van der Waals surface area (Å²) < 4.78 is 9.99. The number of rotatable bonds is 12. The molecule has 0 aliphatic rings. The van der Waals surface area contributed by atoms with Crippen LogP contribution in [0.25, 0.3) is 0 Å². The minimum atomic E-state index is -0.779. The smallest absolute Gasteiger partial charge is 0.314 e. The van der Waals surface area contributed by atoms with Crippen molar-refractivity contribution in [3.05, 3.63) is 0 Å². The Morgan fingerprint density at radius 2 is 1.74 bits per heavy atom. The standard InChI is InChI=1S/C12H24N2O5/c1-18-9-10-19-8-7-14-12(17)13-6-4-2-3-5-11(15)16/h2-10H2,1H3,(H,15,16)(H2,13,14,17). The van der Waals surface area contributed by atoms with Crippen LogP contribution in [0.4, 0.5) is 4.79 Å². The zero-order chi connectivity index (χ0) is 14.3. The molecule has 0 aromatic heterocycles. The van der Waals surface area contributed by atoms with E-state index in [0.717, 1.165) is 12.8 Å². The summed E-state index contributed by atoms with van der Waals surface area (Å²) in [5.74, 6) is -0.779. The van der Waals surface area contributed by atoms with Gasteiger partial charge in [-0.3, -0.25) is 4.79 Å². The van der Waals surface area contributed by atoms with Gasteiger partial charge in [0.1, 0.15) is 0 Å². The van der Waals surface area contributed by atoms with Gasteiger partial charge < -0.3 is 25.2 Å². The average molecular weight is 276 g/mol. The van der Waals surface area contributed by atoms with Gasteiger partial charge in [0.05, 0.1) is 19.8 Å². The van der Waals surface area contributed by atoms with Crippen molar-refractivity contribution in [3.8, 4) is 0 Å². The van der Waals surface area contributed by atoms with Crippen LogP contribution in [-0.2, 0) is 14.3 Å². The number of hydrogen-bond donors (Lipinski definition) is 3. The summed E-state index contributed by atoms with van der Waals surface area (Å²) in [6, 6.07) is -0.228. The van der Waals surface area contributed by atoms with E-state index < -0.39 is 5.97 Å². The Morgan fingerprint density at radius 3 is 2.42 bits per heavy atom. The molecule has 7 nitrogen and oxygen atoms in total. The van der Waals surface area contributed by atoms with Crippen LogP contribution in [-0.4, -0.2) is 57.1 Å². The molecule has 0 atom stereocenters. The van der Waals surface area contributed by atoms with E-state index in [9.17, 15) is 9.59 Å². The second-order valence-corrected chi connectivity index (χ2v) is 3.99. The number of nitrogens with one attached hydrogen (secondary N) is 2. The number of aliphatic carboxylic acids is 1. The monoisotopic (exact) mass is 276 g/mol. The highest BCUT2D eigenvalue weighted by molar-refractivity contribution is 5.73. The number of hydrogen-bond acceptors (Lipinski definition) is 4. The van der Waals surface area contributed by atoms with Gasteiger partial charge in [-0.1, -0.05) is 6.42 Å². The van der Waals surface area contributed by atoms with Gasteiger partial charge in [-0.05, 0) is 12.8 Å². The molecule has 0 rings (SSSR count). The van der Waals surface area contributed by atoms with Gasteiger partial charge >= 0.3 is 12.0 Å². The third kappa shape index (κ3) is 14.6. The van der Waals surface area contributed by atoms with Gasteiger partial charge in [0.15, 0.2) is 0 Å². The van der Waals surface area contributed by atoms with Crippen LogP contribution in [0.3, 0.4) is 0 Å². The highest BCUT2D eigenvalue weighted by atomic mass is 16.5. The maximum atomic E-state index is 11.3. The molecule has 0 aromatic carbocycles.